The molecule has 0 radical (unpaired) electrons. The van der Waals surface area contributed by atoms with Gasteiger partial charge in [-0.1, -0.05) is 18.2 Å². The summed E-state index contributed by atoms with van der Waals surface area (Å²) in [5, 5.41) is 3.35. The molecular weight excluding hydrogens is 312 g/mol. The number of carbonyl (C=O) groups is 1. The molecule has 1 amide bonds. The number of fused-ring (bicyclic) bond motifs is 1. The summed E-state index contributed by atoms with van der Waals surface area (Å²) in [6, 6.07) is 15.4. The molecule has 2 aromatic rings. The van der Waals surface area contributed by atoms with Crippen LogP contribution >= 0.6 is 12.4 Å². The van der Waals surface area contributed by atoms with E-state index in [4.69, 9.17) is 4.74 Å². The van der Waals surface area contributed by atoms with Crippen LogP contribution in [-0.4, -0.2) is 25.6 Å². The van der Waals surface area contributed by atoms with Crippen LogP contribution in [0.3, 0.4) is 0 Å². The van der Waals surface area contributed by atoms with Crippen molar-refractivity contribution in [3.05, 3.63) is 59.7 Å². The smallest absolute Gasteiger partial charge is 0.258 e. The van der Waals surface area contributed by atoms with Crippen molar-refractivity contribution in [2.75, 3.05) is 24.6 Å². The van der Waals surface area contributed by atoms with E-state index in [9.17, 15) is 4.79 Å². The summed E-state index contributed by atoms with van der Waals surface area (Å²) >= 11 is 0. The van der Waals surface area contributed by atoms with Gasteiger partial charge in [-0.2, -0.15) is 0 Å². The summed E-state index contributed by atoms with van der Waals surface area (Å²) in [7, 11) is 0. The molecule has 4 nitrogen and oxygen atoms in total. The third-order valence-electron chi connectivity index (χ3n) is 3.77. The number of anilines is 1. The van der Waals surface area contributed by atoms with E-state index in [1.54, 1.807) is 0 Å². The molecule has 0 fully saturated rings. The minimum absolute atomic E-state index is 0. The lowest BCUT2D eigenvalue weighted by Gasteiger charge is -2.22. The summed E-state index contributed by atoms with van der Waals surface area (Å²) in [5.74, 6) is 0.816. The van der Waals surface area contributed by atoms with Gasteiger partial charge in [0.1, 0.15) is 5.75 Å². The van der Waals surface area contributed by atoms with Crippen LogP contribution in [0.4, 0.5) is 5.69 Å². The van der Waals surface area contributed by atoms with E-state index < -0.39 is 0 Å². The molecule has 0 aliphatic carbocycles. The van der Waals surface area contributed by atoms with Crippen LogP contribution in [0.25, 0.3) is 0 Å². The van der Waals surface area contributed by atoms with Gasteiger partial charge in [0.2, 0.25) is 0 Å². The highest BCUT2D eigenvalue weighted by molar-refractivity contribution is 6.06. The van der Waals surface area contributed by atoms with Crippen LogP contribution < -0.4 is 15.0 Å². The number of ether oxygens (including phenoxy) is 1. The molecule has 1 aliphatic heterocycles. The number of rotatable bonds is 3. The van der Waals surface area contributed by atoms with E-state index in [0.717, 1.165) is 30.1 Å². The van der Waals surface area contributed by atoms with Crippen molar-refractivity contribution in [2.45, 2.75) is 13.5 Å². The molecule has 1 N–H and O–H groups in total. The molecule has 0 spiro atoms. The van der Waals surface area contributed by atoms with E-state index in [-0.39, 0.29) is 18.3 Å². The van der Waals surface area contributed by atoms with E-state index in [2.05, 4.69) is 11.4 Å². The number of hydrogen-bond donors (Lipinski definition) is 1. The van der Waals surface area contributed by atoms with Crippen LogP contribution in [0.5, 0.6) is 5.75 Å². The number of benzene rings is 2. The first kappa shape index (κ1) is 17.3. The molecule has 1 heterocycles. The minimum Gasteiger partial charge on any atom is -0.494 e. The quantitative estimate of drug-likeness (QED) is 0.938. The van der Waals surface area contributed by atoms with Gasteiger partial charge in [-0.3, -0.25) is 4.79 Å². The second-order valence-corrected chi connectivity index (χ2v) is 5.22. The number of para-hydroxylation sites is 1. The minimum atomic E-state index is 0. The summed E-state index contributed by atoms with van der Waals surface area (Å²) in [6.07, 6.45) is 0. The number of amides is 1. The maximum Gasteiger partial charge on any atom is 0.258 e. The van der Waals surface area contributed by atoms with E-state index in [1.165, 1.54) is 0 Å². The highest BCUT2D eigenvalue weighted by Gasteiger charge is 2.21. The summed E-state index contributed by atoms with van der Waals surface area (Å²) < 4.78 is 5.43. The number of nitrogens with one attached hydrogen (secondary N) is 1. The van der Waals surface area contributed by atoms with E-state index in [0.29, 0.717) is 18.7 Å². The Labute approximate surface area is 142 Å². The molecule has 0 aromatic heterocycles. The van der Waals surface area contributed by atoms with Gasteiger partial charge >= 0.3 is 0 Å². The van der Waals surface area contributed by atoms with Crippen molar-refractivity contribution in [1.82, 2.24) is 5.32 Å². The van der Waals surface area contributed by atoms with Gasteiger partial charge in [0.05, 0.1) is 6.61 Å². The Morgan fingerprint density at radius 1 is 1.17 bits per heavy atom. The molecule has 5 heteroatoms. The molecule has 0 atom stereocenters. The molecule has 0 saturated carbocycles. The monoisotopic (exact) mass is 332 g/mol. The summed E-state index contributed by atoms with van der Waals surface area (Å²) in [5.41, 5.74) is 2.82. The molecule has 23 heavy (non-hydrogen) atoms. The Kier molecular flexibility index (Phi) is 6.02. The molecule has 3 rings (SSSR count). The lowest BCUT2D eigenvalue weighted by Crippen LogP contribution is -2.34. The number of nitrogens with zero attached hydrogens (tertiary/aromatic N) is 1. The zero-order chi connectivity index (χ0) is 15.4. The molecule has 1 aliphatic rings. The first-order chi connectivity index (χ1) is 10.8. The average molecular weight is 333 g/mol. The fraction of sp³-hybridized carbons (Fsp3) is 0.278. The molecule has 0 bridgehead atoms. The maximum absolute atomic E-state index is 12.8. The molecule has 0 unspecified atom stereocenters. The topological polar surface area (TPSA) is 41.6 Å². The second kappa shape index (κ2) is 7.99. The van der Waals surface area contributed by atoms with Crippen molar-refractivity contribution < 1.29 is 9.53 Å². The van der Waals surface area contributed by atoms with Crippen molar-refractivity contribution in [3.8, 4) is 5.75 Å². The van der Waals surface area contributed by atoms with Crippen molar-refractivity contribution >= 4 is 24.0 Å². The SMILES string of the molecule is CCOc1ccc(C(=O)N2CCNCc3ccccc32)cc1.Cl. The zero-order valence-corrected chi connectivity index (χ0v) is 13.9. The number of hydrogen-bond acceptors (Lipinski definition) is 3. The van der Waals surface area contributed by atoms with Gasteiger partial charge in [-0.25, -0.2) is 0 Å². The van der Waals surface area contributed by atoms with Crippen LogP contribution in [0.2, 0.25) is 0 Å². The van der Waals surface area contributed by atoms with Gasteiger partial charge < -0.3 is 15.0 Å². The Morgan fingerprint density at radius 3 is 2.65 bits per heavy atom. The van der Waals surface area contributed by atoms with Crippen molar-refractivity contribution in [3.63, 3.8) is 0 Å². The van der Waals surface area contributed by atoms with Gasteiger partial charge in [-0.15, -0.1) is 12.4 Å². The largest absolute Gasteiger partial charge is 0.494 e. The third kappa shape index (κ3) is 3.84. The maximum atomic E-state index is 12.8. The molecule has 0 saturated heterocycles. The first-order valence-electron chi connectivity index (χ1n) is 7.63. The first-order valence-corrected chi connectivity index (χ1v) is 7.63. The average Bonchev–Trinajstić information content (AvgIpc) is 2.78. The standard InChI is InChI=1S/C18H20N2O2.ClH/c1-2-22-16-9-7-14(8-10-16)18(21)20-12-11-19-13-15-5-3-4-6-17(15)20;/h3-10,19H,2,11-13H2,1H3;1H. The fourth-order valence-electron chi connectivity index (χ4n) is 2.69. The predicted molar refractivity (Wildman–Crippen MR) is 94.7 cm³/mol. The number of carbonyl (C=O) groups excluding carboxylic acids is 1. The predicted octanol–water partition coefficient (Wildman–Crippen LogP) is 3.26. The van der Waals surface area contributed by atoms with Gasteiger partial charge in [0.15, 0.2) is 0 Å². The third-order valence-corrected chi connectivity index (χ3v) is 3.77. The van der Waals surface area contributed by atoms with E-state index >= 15 is 0 Å². The fourth-order valence-corrected chi connectivity index (χ4v) is 2.69. The Hall–Kier alpha value is -2.04. The summed E-state index contributed by atoms with van der Waals surface area (Å²) in [4.78, 5) is 14.7. The van der Waals surface area contributed by atoms with Crippen LogP contribution in [0.1, 0.15) is 22.8 Å². The van der Waals surface area contributed by atoms with Crippen molar-refractivity contribution in [1.29, 1.82) is 0 Å². The summed E-state index contributed by atoms with van der Waals surface area (Å²) in [6.45, 7) is 4.82. The van der Waals surface area contributed by atoms with Gasteiger partial charge in [-0.05, 0) is 42.8 Å². The second-order valence-electron chi connectivity index (χ2n) is 5.22. The lowest BCUT2D eigenvalue weighted by atomic mass is 10.1. The molecule has 2 aromatic carbocycles. The van der Waals surface area contributed by atoms with E-state index in [1.807, 2.05) is 54.3 Å². The Bertz CT molecular complexity index is 658. The lowest BCUT2D eigenvalue weighted by molar-refractivity contribution is 0.0987. The Morgan fingerprint density at radius 2 is 1.91 bits per heavy atom. The van der Waals surface area contributed by atoms with Crippen LogP contribution in [0.15, 0.2) is 48.5 Å². The Balaban J connectivity index is 0.00000192. The highest BCUT2D eigenvalue weighted by atomic mass is 35.5. The van der Waals surface area contributed by atoms with Crippen molar-refractivity contribution in [2.24, 2.45) is 0 Å². The molecular formula is C18H21ClN2O2. The normalized spacial score (nSPS) is 13.5. The zero-order valence-electron chi connectivity index (χ0n) is 13.1. The van der Waals surface area contributed by atoms with Crippen LogP contribution in [-0.2, 0) is 6.54 Å². The highest BCUT2D eigenvalue weighted by Crippen LogP contribution is 2.24. The van der Waals surface area contributed by atoms with Crippen LogP contribution in [0, 0.1) is 0 Å². The molecule has 122 valence electrons. The number of halogens is 1. The van der Waals surface area contributed by atoms with Gasteiger partial charge in [0, 0.05) is 30.9 Å². The van der Waals surface area contributed by atoms with Gasteiger partial charge in [0.25, 0.3) is 5.91 Å².